The summed E-state index contributed by atoms with van der Waals surface area (Å²) in [6, 6.07) is 0. The number of aliphatic hydroxyl groups is 1. The Bertz CT molecular complexity index is 245. The number of likely N-dealkylation sites (N-methyl/N-ethyl adjacent to an activating group) is 1. The first-order valence-electron chi connectivity index (χ1n) is 4.42. The molecule has 1 N–H and O–H groups in total. The normalized spacial score (nSPS) is 16.5. The second-order valence-corrected chi connectivity index (χ2v) is 3.70. The number of nitrogens with zero attached hydrogens (tertiary/aromatic N) is 1. The van der Waals surface area contributed by atoms with E-state index in [9.17, 15) is 0 Å². The third kappa shape index (κ3) is 3.38. The molecule has 72 valence electrons. The summed E-state index contributed by atoms with van der Waals surface area (Å²) in [4.78, 5) is 3.09. The lowest BCUT2D eigenvalue weighted by molar-refractivity contribution is 0.231. The van der Waals surface area contributed by atoms with Gasteiger partial charge in [0.15, 0.2) is 0 Å². The van der Waals surface area contributed by atoms with Crippen LogP contribution >= 0.6 is 12.2 Å². The van der Waals surface area contributed by atoms with Crippen LogP contribution in [-0.2, 0) is 0 Å². The van der Waals surface area contributed by atoms with Crippen LogP contribution in [0, 0.1) is 0 Å². The van der Waals surface area contributed by atoms with Crippen LogP contribution in [0.5, 0.6) is 0 Å². The molecule has 3 heteroatoms. The molecule has 0 aliphatic heterocycles. The predicted octanol–water partition coefficient (Wildman–Crippen LogP) is 1.17. The van der Waals surface area contributed by atoms with E-state index in [-0.39, 0.29) is 6.61 Å². The molecule has 0 aromatic carbocycles. The maximum Gasteiger partial charge on any atom is 0.0558 e. The Labute approximate surface area is 84.6 Å². The third-order valence-corrected chi connectivity index (χ3v) is 2.45. The summed E-state index contributed by atoms with van der Waals surface area (Å²) in [7, 11) is 1.98. The van der Waals surface area contributed by atoms with E-state index in [4.69, 9.17) is 17.3 Å². The molecule has 0 heterocycles. The molecule has 0 saturated heterocycles. The van der Waals surface area contributed by atoms with Crippen molar-refractivity contribution in [1.82, 2.24) is 4.90 Å². The predicted molar refractivity (Wildman–Crippen MR) is 59.0 cm³/mol. The van der Waals surface area contributed by atoms with Crippen LogP contribution in [-0.4, -0.2) is 41.6 Å². The highest BCUT2D eigenvalue weighted by Crippen LogP contribution is 2.10. The van der Waals surface area contributed by atoms with Gasteiger partial charge in [0.1, 0.15) is 0 Å². The van der Waals surface area contributed by atoms with Crippen LogP contribution in [0.2, 0.25) is 0 Å². The van der Waals surface area contributed by atoms with Crippen molar-refractivity contribution >= 4 is 17.1 Å². The summed E-state index contributed by atoms with van der Waals surface area (Å²) in [5.41, 5.74) is 1.20. The number of hydrogen-bond donors (Lipinski definition) is 1. The van der Waals surface area contributed by atoms with Crippen molar-refractivity contribution in [3.8, 4) is 0 Å². The van der Waals surface area contributed by atoms with Gasteiger partial charge in [-0.1, -0.05) is 30.4 Å². The van der Waals surface area contributed by atoms with Crippen LogP contribution in [0.1, 0.15) is 6.42 Å². The van der Waals surface area contributed by atoms with E-state index < -0.39 is 0 Å². The molecule has 0 saturated carbocycles. The molecule has 0 aromatic rings. The third-order valence-electron chi connectivity index (χ3n) is 2.02. The number of thiocarbonyl (C=S) groups is 1. The maximum absolute atomic E-state index is 8.72. The van der Waals surface area contributed by atoms with E-state index in [1.165, 1.54) is 5.57 Å². The largest absolute Gasteiger partial charge is 0.395 e. The van der Waals surface area contributed by atoms with Crippen molar-refractivity contribution in [2.75, 3.05) is 26.7 Å². The summed E-state index contributed by atoms with van der Waals surface area (Å²) < 4.78 is 0. The highest BCUT2D eigenvalue weighted by Gasteiger charge is 2.08. The lowest BCUT2D eigenvalue weighted by atomic mass is 10.0. The number of aliphatic hydroxyl groups excluding tert-OH is 1. The smallest absolute Gasteiger partial charge is 0.0558 e. The van der Waals surface area contributed by atoms with Gasteiger partial charge in [0.2, 0.25) is 0 Å². The van der Waals surface area contributed by atoms with Crippen LogP contribution in [0.4, 0.5) is 0 Å². The molecule has 2 nitrogen and oxygen atoms in total. The molecule has 0 aromatic heterocycles. The fraction of sp³-hybridized carbons (Fsp3) is 0.500. The van der Waals surface area contributed by atoms with Crippen molar-refractivity contribution in [2.45, 2.75) is 6.42 Å². The molecule has 0 atom stereocenters. The van der Waals surface area contributed by atoms with Gasteiger partial charge in [-0.2, -0.15) is 0 Å². The molecule has 0 fully saturated rings. The van der Waals surface area contributed by atoms with E-state index >= 15 is 0 Å². The van der Waals surface area contributed by atoms with Gasteiger partial charge in [-0.3, -0.25) is 4.90 Å². The average Bonchev–Trinajstić information content (AvgIpc) is 2.09. The molecule has 13 heavy (non-hydrogen) atoms. The van der Waals surface area contributed by atoms with Gasteiger partial charge in [-0.15, -0.1) is 0 Å². The quantitative estimate of drug-likeness (QED) is 0.684. The van der Waals surface area contributed by atoms with Gasteiger partial charge < -0.3 is 5.11 Å². The Balaban J connectivity index is 2.47. The van der Waals surface area contributed by atoms with Gasteiger partial charge in [0.05, 0.1) is 6.61 Å². The van der Waals surface area contributed by atoms with Gasteiger partial charge in [0.25, 0.3) is 0 Å². The fourth-order valence-corrected chi connectivity index (χ4v) is 1.49. The fourth-order valence-electron chi connectivity index (χ4n) is 1.26. The van der Waals surface area contributed by atoms with Crippen molar-refractivity contribution in [3.05, 3.63) is 23.8 Å². The maximum atomic E-state index is 8.72. The number of rotatable bonds is 4. The van der Waals surface area contributed by atoms with E-state index in [1.807, 2.05) is 13.1 Å². The van der Waals surface area contributed by atoms with E-state index in [0.29, 0.717) is 6.54 Å². The SMILES string of the molecule is CN(CCO)CC1=CC=CCC1=S. The molecule has 1 aliphatic carbocycles. The number of hydrogen-bond acceptors (Lipinski definition) is 3. The summed E-state index contributed by atoms with van der Waals surface area (Å²) in [5.74, 6) is 0. The molecule has 1 rings (SSSR count). The first kappa shape index (κ1) is 10.6. The molecule has 0 spiro atoms. The second-order valence-electron chi connectivity index (χ2n) is 3.21. The standard InChI is InChI=1S/C10H15NOS/c1-11(6-7-12)8-9-4-2-3-5-10(9)13/h2-4,12H,5-8H2,1H3. The Morgan fingerprint density at radius 3 is 3.00 bits per heavy atom. The van der Waals surface area contributed by atoms with Gasteiger partial charge >= 0.3 is 0 Å². The zero-order chi connectivity index (χ0) is 9.68. The minimum absolute atomic E-state index is 0.201. The van der Waals surface area contributed by atoms with Gasteiger partial charge in [0, 0.05) is 24.4 Å². The highest BCUT2D eigenvalue weighted by atomic mass is 32.1. The van der Waals surface area contributed by atoms with Crippen LogP contribution < -0.4 is 0 Å². The number of allylic oxidation sites excluding steroid dienone is 3. The lowest BCUT2D eigenvalue weighted by Crippen LogP contribution is -2.26. The van der Waals surface area contributed by atoms with Gasteiger partial charge in [-0.25, -0.2) is 0 Å². The lowest BCUT2D eigenvalue weighted by Gasteiger charge is -2.18. The summed E-state index contributed by atoms with van der Waals surface area (Å²) >= 11 is 5.22. The van der Waals surface area contributed by atoms with Crippen LogP contribution in [0.15, 0.2) is 23.8 Å². The topological polar surface area (TPSA) is 23.5 Å². The summed E-state index contributed by atoms with van der Waals surface area (Å²) in [6.45, 7) is 1.74. The average molecular weight is 197 g/mol. The van der Waals surface area contributed by atoms with Gasteiger partial charge in [-0.05, 0) is 12.6 Å². The van der Waals surface area contributed by atoms with E-state index in [0.717, 1.165) is 17.8 Å². The van der Waals surface area contributed by atoms with Crippen molar-refractivity contribution < 1.29 is 5.11 Å². The van der Waals surface area contributed by atoms with Crippen molar-refractivity contribution in [2.24, 2.45) is 0 Å². The molecule has 1 aliphatic rings. The monoisotopic (exact) mass is 197 g/mol. The summed E-state index contributed by atoms with van der Waals surface area (Å²) in [6.07, 6.45) is 7.05. The molecular weight excluding hydrogens is 182 g/mol. The first-order chi connectivity index (χ1) is 6.24. The molecule has 0 amide bonds. The molecule has 0 bridgehead atoms. The van der Waals surface area contributed by atoms with Crippen LogP contribution in [0.3, 0.4) is 0 Å². The minimum Gasteiger partial charge on any atom is -0.395 e. The minimum atomic E-state index is 0.201. The Kier molecular flexibility index (Phi) is 4.28. The van der Waals surface area contributed by atoms with E-state index in [2.05, 4.69) is 17.1 Å². The Hall–Kier alpha value is -0.510. The van der Waals surface area contributed by atoms with Crippen molar-refractivity contribution in [3.63, 3.8) is 0 Å². The molecular formula is C10H15NOS. The highest BCUT2D eigenvalue weighted by molar-refractivity contribution is 7.80. The Morgan fingerprint density at radius 1 is 1.62 bits per heavy atom. The van der Waals surface area contributed by atoms with Crippen molar-refractivity contribution in [1.29, 1.82) is 0 Å². The zero-order valence-corrected chi connectivity index (χ0v) is 8.68. The second kappa shape index (κ2) is 5.27. The van der Waals surface area contributed by atoms with E-state index in [1.54, 1.807) is 0 Å². The molecule has 0 unspecified atom stereocenters. The Morgan fingerprint density at radius 2 is 2.38 bits per heavy atom. The molecule has 0 radical (unpaired) electrons. The first-order valence-corrected chi connectivity index (χ1v) is 4.83. The van der Waals surface area contributed by atoms with Crippen LogP contribution in [0.25, 0.3) is 0 Å². The zero-order valence-electron chi connectivity index (χ0n) is 7.86. The summed E-state index contributed by atoms with van der Waals surface area (Å²) in [5, 5.41) is 8.72.